The van der Waals surface area contributed by atoms with E-state index in [0.717, 1.165) is 12.5 Å². The van der Waals surface area contributed by atoms with Crippen molar-refractivity contribution in [3.8, 4) is 0 Å². The SMILES string of the molecule is CC(C)CCOC(=O)c1ccc(F)c(N)c1. The third-order valence-corrected chi connectivity index (χ3v) is 2.16. The van der Waals surface area contributed by atoms with Crippen LogP contribution in [-0.4, -0.2) is 12.6 Å². The molecule has 0 aliphatic carbocycles. The van der Waals surface area contributed by atoms with Crippen molar-refractivity contribution in [1.29, 1.82) is 0 Å². The Hall–Kier alpha value is -1.58. The second-order valence-electron chi connectivity index (χ2n) is 4.05. The van der Waals surface area contributed by atoms with Crippen LogP contribution in [0.2, 0.25) is 0 Å². The molecule has 0 saturated heterocycles. The molecule has 0 aromatic heterocycles. The fraction of sp³-hybridized carbons (Fsp3) is 0.417. The Labute approximate surface area is 94.4 Å². The largest absolute Gasteiger partial charge is 0.462 e. The van der Waals surface area contributed by atoms with Crippen molar-refractivity contribution < 1.29 is 13.9 Å². The molecule has 0 aliphatic heterocycles. The molecular formula is C12H16FNO2. The fourth-order valence-corrected chi connectivity index (χ4v) is 1.14. The first kappa shape index (κ1) is 12.5. The standard InChI is InChI=1S/C12H16FNO2/c1-8(2)5-6-16-12(15)9-3-4-10(13)11(14)7-9/h3-4,7-8H,5-6,14H2,1-2H3. The summed E-state index contributed by atoms with van der Waals surface area (Å²) in [5, 5.41) is 0. The zero-order chi connectivity index (χ0) is 12.1. The molecule has 0 saturated carbocycles. The van der Waals surface area contributed by atoms with Crippen LogP contribution in [0.25, 0.3) is 0 Å². The maximum atomic E-state index is 12.8. The number of nitrogen functional groups attached to an aromatic ring is 1. The molecule has 0 spiro atoms. The van der Waals surface area contributed by atoms with Gasteiger partial charge in [0.2, 0.25) is 0 Å². The number of carbonyl (C=O) groups is 1. The molecule has 3 nitrogen and oxygen atoms in total. The number of halogens is 1. The van der Waals surface area contributed by atoms with Gasteiger partial charge in [-0.3, -0.25) is 0 Å². The zero-order valence-electron chi connectivity index (χ0n) is 9.50. The van der Waals surface area contributed by atoms with Gasteiger partial charge in [0.25, 0.3) is 0 Å². The van der Waals surface area contributed by atoms with Gasteiger partial charge in [-0.15, -0.1) is 0 Å². The lowest BCUT2D eigenvalue weighted by Crippen LogP contribution is -2.08. The van der Waals surface area contributed by atoms with Gasteiger partial charge in [-0.25, -0.2) is 9.18 Å². The van der Waals surface area contributed by atoms with E-state index in [1.807, 2.05) is 13.8 Å². The molecule has 16 heavy (non-hydrogen) atoms. The number of esters is 1. The van der Waals surface area contributed by atoms with E-state index in [1.165, 1.54) is 12.1 Å². The highest BCUT2D eigenvalue weighted by atomic mass is 19.1. The van der Waals surface area contributed by atoms with Crippen LogP contribution >= 0.6 is 0 Å². The molecule has 0 atom stereocenters. The number of anilines is 1. The molecule has 4 heteroatoms. The van der Waals surface area contributed by atoms with E-state index in [4.69, 9.17) is 10.5 Å². The number of carbonyl (C=O) groups excluding carboxylic acids is 1. The number of benzene rings is 1. The average molecular weight is 225 g/mol. The van der Waals surface area contributed by atoms with Crippen LogP contribution in [0, 0.1) is 11.7 Å². The number of nitrogens with two attached hydrogens (primary N) is 1. The first-order valence-electron chi connectivity index (χ1n) is 5.23. The van der Waals surface area contributed by atoms with Crippen LogP contribution < -0.4 is 5.73 Å². The molecule has 0 unspecified atom stereocenters. The molecular weight excluding hydrogens is 209 g/mol. The first-order chi connectivity index (χ1) is 7.50. The lowest BCUT2D eigenvalue weighted by Gasteiger charge is -2.07. The highest BCUT2D eigenvalue weighted by Gasteiger charge is 2.09. The van der Waals surface area contributed by atoms with E-state index < -0.39 is 11.8 Å². The predicted molar refractivity (Wildman–Crippen MR) is 60.5 cm³/mol. The number of hydrogen-bond acceptors (Lipinski definition) is 3. The molecule has 2 N–H and O–H groups in total. The number of hydrogen-bond donors (Lipinski definition) is 1. The third kappa shape index (κ3) is 3.53. The minimum atomic E-state index is -0.529. The van der Waals surface area contributed by atoms with Gasteiger partial charge in [0.05, 0.1) is 17.9 Å². The summed E-state index contributed by atoms with van der Waals surface area (Å²) in [6, 6.07) is 3.81. The van der Waals surface area contributed by atoms with Gasteiger partial charge in [0, 0.05) is 0 Å². The van der Waals surface area contributed by atoms with E-state index in [2.05, 4.69) is 0 Å². The van der Waals surface area contributed by atoms with Crippen molar-refractivity contribution in [2.24, 2.45) is 5.92 Å². The molecule has 0 amide bonds. The minimum Gasteiger partial charge on any atom is -0.462 e. The van der Waals surface area contributed by atoms with Crippen LogP contribution in [0.15, 0.2) is 18.2 Å². The van der Waals surface area contributed by atoms with Crippen LogP contribution in [0.5, 0.6) is 0 Å². The zero-order valence-corrected chi connectivity index (χ0v) is 9.50. The summed E-state index contributed by atoms with van der Waals surface area (Å²) >= 11 is 0. The van der Waals surface area contributed by atoms with Crippen LogP contribution in [-0.2, 0) is 4.74 Å². The maximum absolute atomic E-state index is 12.8. The van der Waals surface area contributed by atoms with Crippen molar-refractivity contribution in [3.05, 3.63) is 29.6 Å². The summed E-state index contributed by atoms with van der Waals surface area (Å²) in [7, 11) is 0. The average Bonchev–Trinajstić information content (AvgIpc) is 2.21. The normalized spacial score (nSPS) is 10.5. The first-order valence-corrected chi connectivity index (χ1v) is 5.23. The molecule has 0 heterocycles. The number of ether oxygens (including phenoxy) is 1. The molecule has 0 bridgehead atoms. The highest BCUT2D eigenvalue weighted by Crippen LogP contribution is 2.13. The van der Waals surface area contributed by atoms with Crippen molar-refractivity contribution in [3.63, 3.8) is 0 Å². The third-order valence-electron chi connectivity index (χ3n) is 2.16. The minimum absolute atomic E-state index is 0.0432. The molecule has 0 aliphatic rings. The van der Waals surface area contributed by atoms with Gasteiger partial charge < -0.3 is 10.5 Å². The smallest absolute Gasteiger partial charge is 0.338 e. The summed E-state index contributed by atoms with van der Waals surface area (Å²) in [5.74, 6) is -0.517. The predicted octanol–water partition coefficient (Wildman–Crippen LogP) is 2.61. The van der Waals surface area contributed by atoms with Gasteiger partial charge in [-0.1, -0.05) is 13.8 Å². The Balaban J connectivity index is 2.56. The molecule has 0 fully saturated rings. The van der Waals surface area contributed by atoms with Crippen molar-refractivity contribution in [2.75, 3.05) is 12.3 Å². The van der Waals surface area contributed by atoms with Gasteiger partial charge >= 0.3 is 5.97 Å². The van der Waals surface area contributed by atoms with E-state index >= 15 is 0 Å². The van der Waals surface area contributed by atoms with E-state index in [9.17, 15) is 9.18 Å². The van der Waals surface area contributed by atoms with Crippen LogP contribution in [0.1, 0.15) is 30.6 Å². The topological polar surface area (TPSA) is 52.3 Å². The second kappa shape index (κ2) is 5.49. The van der Waals surface area contributed by atoms with Crippen molar-refractivity contribution >= 4 is 11.7 Å². The Morgan fingerprint density at radius 1 is 1.50 bits per heavy atom. The monoisotopic (exact) mass is 225 g/mol. The van der Waals surface area contributed by atoms with E-state index in [0.29, 0.717) is 12.5 Å². The van der Waals surface area contributed by atoms with Crippen molar-refractivity contribution in [2.45, 2.75) is 20.3 Å². The van der Waals surface area contributed by atoms with Crippen LogP contribution in [0.3, 0.4) is 0 Å². The lowest BCUT2D eigenvalue weighted by atomic mass is 10.1. The second-order valence-corrected chi connectivity index (χ2v) is 4.05. The van der Waals surface area contributed by atoms with E-state index in [1.54, 1.807) is 0 Å². The summed E-state index contributed by atoms with van der Waals surface area (Å²) in [6.45, 7) is 4.46. The number of rotatable bonds is 4. The van der Waals surface area contributed by atoms with Gasteiger partial charge in [-0.2, -0.15) is 0 Å². The summed E-state index contributed by atoms with van der Waals surface area (Å²) in [4.78, 5) is 11.5. The molecule has 1 aromatic rings. The lowest BCUT2D eigenvalue weighted by molar-refractivity contribution is 0.0488. The van der Waals surface area contributed by atoms with Gasteiger partial charge in [0.1, 0.15) is 5.82 Å². The van der Waals surface area contributed by atoms with Crippen molar-refractivity contribution in [1.82, 2.24) is 0 Å². The van der Waals surface area contributed by atoms with Crippen LogP contribution in [0.4, 0.5) is 10.1 Å². The van der Waals surface area contributed by atoms with Gasteiger partial charge in [0.15, 0.2) is 0 Å². The van der Waals surface area contributed by atoms with Gasteiger partial charge in [-0.05, 0) is 30.5 Å². The van der Waals surface area contributed by atoms with E-state index in [-0.39, 0.29) is 11.3 Å². The Morgan fingerprint density at radius 2 is 2.19 bits per heavy atom. The fourth-order valence-electron chi connectivity index (χ4n) is 1.14. The quantitative estimate of drug-likeness (QED) is 0.633. The summed E-state index contributed by atoms with van der Waals surface area (Å²) in [5.41, 5.74) is 5.59. The summed E-state index contributed by atoms with van der Waals surface area (Å²) in [6.07, 6.45) is 0.808. The maximum Gasteiger partial charge on any atom is 0.338 e. The molecule has 1 rings (SSSR count). The molecule has 1 aromatic carbocycles. The Bertz CT molecular complexity index is 377. The Kier molecular flexibility index (Phi) is 4.28. The molecule has 0 radical (unpaired) electrons. The molecule has 88 valence electrons. The summed E-state index contributed by atoms with van der Waals surface area (Å²) < 4.78 is 17.9. The highest BCUT2D eigenvalue weighted by molar-refractivity contribution is 5.90. The Morgan fingerprint density at radius 3 is 2.75 bits per heavy atom.